The van der Waals surface area contributed by atoms with Crippen molar-refractivity contribution in [3.05, 3.63) is 18.2 Å². The van der Waals surface area contributed by atoms with Crippen LogP contribution in [0.25, 0.3) is 0 Å². The van der Waals surface area contributed by atoms with E-state index >= 15 is 0 Å². The van der Waals surface area contributed by atoms with Crippen LogP contribution in [-0.2, 0) is 0 Å². The van der Waals surface area contributed by atoms with E-state index in [0.717, 1.165) is 57.3 Å². The van der Waals surface area contributed by atoms with E-state index in [1.165, 1.54) is 18.5 Å². The van der Waals surface area contributed by atoms with Crippen molar-refractivity contribution in [2.75, 3.05) is 44.3 Å². The fourth-order valence-corrected chi connectivity index (χ4v) is 2.63. The molecule has 0 aliphatic carbocycles. The molecular weight excluding hydrogens is 240 g/mol. The number of nitrogens with zero attached hydrogens (tertiary/aromatic N) is 1. The third kappa shape index (κ3) is 3.13. The molecule has 1 aromatic carbocycles. The highest BCUT2D eigenvalue weighted by molar-refractivity contribution is 5.56. The molecular formula is C15H22N2O2. The van der Waals surface area contributed by atoms with Crippen molar-refractivity contribution >= 4 is 5.69 Å². The molecule has 1 saturated heterocycles. The maximum atomic E-state index is 5.77. The van der Waals surface area contributed by atoms with Crippen molar-refractivity contribution in [1.82, 2.24) is 5.32 Å². The van der Waals surface area contributed by atoms with E-state index in [1.54, 1.807) is 0 Å². The lowest BCUT2D eigenvalue weighted by molar-refractivity contribution is 0.297. The molecule has 0 atom stereocenters. The fourth-order valence-electron chi connectivity index (χ4n) is 2.63. The van der Waals surface area contributed by atoms with Gasteiger partial charge in [0.05, 0.1) is 13.2 Å². The second-order valence-corrected chi connectivity index (χ2v) is 5.13. The summed E-state index contributed by atoms with van der Waals surface area (Å²) in [6.07, 6.45) is 3.34. The Kier molecular flexibility index (Phi) is 4.08. The summed E-state index contributed by atoms with van der Waals surface area (Å²) in [6, 6.07) is 6.34. The van der Waals surface area contributed by atoms with Crippen LogP contribution in [-0.4, -0.2) is 39.4 Å². The molecule has 19 heavy (non-hydrogen) atoms. The smallest absolute Gasteiger partial charge is 0.163 e. The minimum absolute atomic E-state index is 0.750. The number of benzene rings is 1. The van der Waals surface area contributed by atoms with Crippen LogP contribution in [0.1, 0.15) is 19.3 Å². The van der Waals surface area contributed by atoms with E-state index in [9.17, 15) is 0 Å². The van der Waals surface area contributed by atoms with E-state index in [4.69, 9.17) is 9.47 Å². The lowest BCUT2D eigenvalue weighted by Gasteiger charge is -2.27. The summed E-state index contributed by atoms with van der Waals surface area (Å²) in [4.78, 5) is 2.45. The Morgan fingerprint density at radius 3 is 2.42 bits per heavy atom. The van der Waals surface area contributed by atoms with Crippen molar-refractivity contribution in [1.29, 1.82) is 0 Å². The van der Waals surface area contributed by atoms with Gasteiger partial charge in [-0.15, -0.1) is 0 Å². The minimum Gasteiger partial charge on any atom is -0.490 e. The molecule has 4 nitrogen and oxygen atoms in total. The molecule has 0 bridgehead atoms. The predicted octanol–water partition coefficient (Wildman–Crippen LogP) is 2.04. The number of ether oxygens (including phenoxy) is 2. The summed E-state index contributed by atoms with van der Waals surface area (Å²) in [6.45, 7) is 5.93. The summed E-state index contributed by atoms with van der Waals surface area (Å²) >= 11 is 0. The Morgan fingerprint density at radius 2 is 1.63 bits per heavy atom. The Balaban J connectivity index is 1.77. The van der Waals surface area contributed by atoms with Crippen LogP contribution >= 0.6 is 0 Å². The quantitative estimate of drug-likeness (QED) is 0.840. The first kappa shape index (κ1) is 12.6. The van der Waals surface area contributed by atoms with Gasteiger partial charge in [0.1, 0.15) is 0 Å². The average Bonchev–Trinajstić information content (AvgIpc) is 2.62. The normalized spacial score (nSPS) is 20.3. The second kappa shape index (κ2) is 6.15. The topological polar surface area (TPSA) is 33.7 Å². The molecule has 104 valence electrons. The highest BCUT2D eigenvalue weighted by Crippen LogP contribution is 2.33. The summed E-state index contributed by atoms with van der Waals surface area (Å²) in [5.74, 6) is 1.78. The summed E-state index contributed by atoms with van der Waals surface area (Å²) < 4.78 is 11.5. The first-order valence-corrected chi connectivity index (χ1v) is 7.29. The van der Waals surface area contributed by atoms with Crippen LogP contribution in [0.2, 0.25) is 0 Å². The van der Waals surface area contributed by atoms with Crippen molar-refractivity contribution < 1.29 is 9.47 Å². The standard InChI is InChI=1S/C15H22N2O2/c1-6-16-7-2-9-17(8-1)13-4-5-14-15(12-13)19-11-3-10-18-14/h4-5,12,16H,1-3,6-11H2. The zero-order valence-electron chi connectivity index (χ0n) is 11.4. The molecule has 3 rings (SSSR count). The van der Waals surface area contributed by atoms with Gasteiger partial charge in [0, 0.05) is 31.3 Å². The predicted molar refractivity (Wildman–Crippen MR) is 76.4 cm³/mol. The van der Waals surface area contributed by atoms with Crippen LogP contribution in [0.15, 0.2) is 18.2 Å². The number of fused-ring (bicyclic) bond motifs is 1. The van der Waals surface area contributed by atoms with E-state index in [1.807, 2.05) is 6.07 Å². The third-order valence-electron chi connectivity index (χ3n) is 3.66. The van der Waals surface area contributed by atoms with Gasteiger partial charge >= 0.3 is 0 Å². The van der Waals surface area contributed by atoms with E-state index < -0.39 is 0 Å². The highest BCUT2D eigenvalue weighted by atomic mass is 16.5. The van der Waals surface area contributed by atoms with Crippen LogP contribution in [0, 0.1) is 0 Å². The molecule has 0 amide bonds. The van der Waals surface area contributed by atoms with E-state index in [0.29, 0.717) is 0 Å². The van der Waals surface area contributed by atoms with Crippen LogP contribution in [0.3, 0.4) is 0 Å². The SMILES string of the molecule is c1cc2c(cc1N1CCCNCCC1)OCCCO2. The summed E-state index contributed by atoms with van der Waals surface area (Å²) in [5.41, 5.74) is 1.26. The van der Waals surface area contributed by atoms with Gasteiger partial charge in [-0.3, -0.25) is 0 Å². The average molecular weight is 262 g/mol. The molecule has 2 aliphatic rings. The summed E-state index contributed by atoms with van der Waals surface area (Å²) in [7, 11) is 0. The van der Waals surface area contributed by atoms with E-state index in [2.05, 4.69) is 22.3 Å². The molecule has 2 aliphatic heterocycles. The zero-order valence-corrected chi connectivity index (χ0v) is 11.4. The van der Waals surface area contributed by atoms with Crippen LogP contribution < -0.4 is 19.7 Å². The van der Waals surface area contributed by atoms with Crippen LogP contribution in [0.5, 0.6) is 11.5 Å². The van der Waals surface area contributed by atoms with Gasteiger partial charge in [-0.05, 0) is 38.1 Å². The highest BCUT2D eigenvalue weighted by Gasteiger charge is 2.14. The van der Waals surface area contributed by atoms with Gasteiger partial charge in [0.25, 0.3) is 0 Å². The Labute approximate surface area is 114 Å². The second-order valence-electron chi connectivity index (χ2n) is 5.13. The maximum absolute atomic E-state index is 5.77. The lowest BCUT2D eigenvalue weighted by atomic mass is 10.2. The number of hydrogen-bond acceptors (Lipinski definition) is 4. The first-order chi connectivity index (χ1) is 9.43. The Hall–Kier alpha value is -1.42. The largest absolute Gasteiger partial charge is 0.490 e. The van der Waals surface area contributed by atoms with Gasteiger partial charge in [0.15, 0.2) is 11.5 Å². The van der Waals surface area contributed by atoms with Gasteiger partial charge in [0.2, 0.25) is 0 Å². The number of rotatable bonds is 1. The van der Waals surface area contributed by atoms with Crippen molar-refractivity contribution in [2.45, 2.75) is 19.3 Å². The zero-order chi connectivity index (χ0) is 12.9. The Morgan fingerprint density at radius 1 is 0.895 bits per heavy atom. The minimum atomic E-state index is 0.750. The molecule has 0 saturated carbocycles. The molecule has 0 radical (unpaired) electrons. The monoisotopic (exact) mass is 262 g/mol. The molecule has 0 spiro atoms. The van der Waals surface area contributed by atoms with Gasteiger partial charge in [-0.2, -0.15) is 0 Å². The van der Waals surface area contributed by atoms with Crippen molar-refractivity contribution in [3.63, 3.8) is 0 Å². The van der Waals surface area contributed by atoms with Gasteiger partial charge < -0.3 is 19.7 Å². The van der Waals surface area contributed by atoms with Gasteiger partial charge in [-0.25, -0.2) is 0 Å². The van der Waals surface area contributed by atoms with Crippen molar-refractivity contribution in [2.24, 2.45) is 0 Å². The first-order valence-electron chi connectivity index (χ1n) is 7.29. The fraction of sp³-hybridized carbons (Fsp3) is 0.600. The maximum Gasteiger partial charge on any atom is 0.163 e. The molecule has 4 heteroatoms. The molecule has 1 aromatic rings. The number of hydrogen-bond donors (Lipinski definition) is 1. The number of anilines is 1. The molecule has 0 unspecified atom stereocenters. The van der Waals surface area contributed by atoms with Crippen molar-refractivity contribution in [3.8, 4) is 11.5 Å². The van der Waals surface area contributed by atoms with Crippen LogP contribution in [0.4, 0.5) is 5.69 Å². The van der Waals surface area contributed by atoms with E-state index in [-0.39, 0.29) is 0 Å². The van der Waals surface area contributed by atoms with Gasteiger partial charge in [-0.1, -0.05) is 0 Å². The summed E-state index contributed by atoms with van der Waals surface area (Å²) in [5, 5.41) is 3.45. The lowest BCUT2D eigenvalue weighted by Crippen LogP contribution is -2.33. The Bertz CT molecular complexity index is 415. The molecule has 1 N–H and O–H groups in total. The number of nitrogens with one attached hydrogen (secondary N) is 1. The molecule has 1 fully saturated rings. The molecule has 0 aromatic heterocycles. The third-order valence-corrected chi connectivity index (χ3v) is 3.66. The molecule has 2 heterocycles.